The van der Waals surface area contributed by atoms with Crippen LogP contribution in [0.5, 0.6) is 0 Å². The zero-order valence-electron chi connectivity index (χ0n) is 15.7. The van der Waals surface area contributed by atoms with E-state index < -0.39 is 0 Å². The summed E-state index contributed by atoms with van der Waals surface area (Å²) in [6.45, 7) is 6.16. The Bertz CT molecular complexity index is 963. The number of carbonyl (C=O) groups is 1. The van der Waals surface area contributed by atoms with Gasteiger partial charge in [-0.2, -0.15) is 0 Å². The van der Waals surface area contributed by atoms with Crippen molar-refractivity contribution in [2.75, 3.05) is 5.32 Å². The minimum absolute atomic E-state index is 0.118. The second kappa shape index (κ2) is 8.31. The SMILES string of the molecule is CCC(=O)NC(=S)Nc1ccc(-c2nc3cc(C(C)CC)ccc3o2)cc1. The van der Waals surface area contributed by atoms with Crippen molar-refractivity contribution in [3.05, 3.63) is 48.0 Å². The maximum absolute atomic E-state index is 11.4. The van der Waals surface area contributed by atoms with Gasteiger partial charge in [0.2, 0.25) is 11.8 Å². The van der Waals surface area contributed by atoms with Crippen LogP contribution in [-0.4, -0.2) is 16.0 Å². The van der Waals surface area contributed by atoms with Crippen LogP contribution in [0.25, 0.3) is 22.6 Å². The monoisotopic (exact) mass is 381 g/mol. The van der Waals surface area contributed by atoms with Gasteiger partial charge in [-0.25, -0.2) is 4.98 Å². The Morgan fingerprint density at radius 3 is 2.59 bits per heavy atom. The van der Waals surface area contributed by atoms with E-state index in [0.29, 0.717) is 18.2 Å². The van der Waals surface area contributed by atoms with Gasteiger partial charge in [0.05, 0.1) is 0 Å². The van der Waals surface area contributed by atoms with Crippen LogP contribution in [0.4, 0.5) is 5.69 Å². The van der Waals surface area contributed by atoms with Gasteiger partial charge in [0.15, 0.2) is 10.7 Å². The van der Waals surface area contributed by atoms with Crippen LogP contribution in [0.2, 0.25) is 0 Å². The third kappa shape index (κ3) is 4.52. The molecule has 0 aliphatic carbocycles. The smallest absolute Gasteiger partial charge is 0.227 e. The molecule has 140 valence electrons. The molecule has 1 heterocycles. The first kappa shape index (κ1) is 19.0. The molecule has 3 aromatic rings. The summed E-state index contributed by atoms with van der Waals surface area (Å²) in [6.07, 6.45) is 1.47. The van der Waals surface area contributed by atoms with E-state index in [-0.39, 0.29) is 11.0 Å². The number of hydrogen-bond acceptors (Lipinski definition) is 4. The fourth-order valence-corrected chi connectivity index (χ4v) is 2.92. The second-order valence-electron chi connectivity index (χ2n) is 6.49. The number of fused-ring (bicyclic) bond motifs is 1. The highest BCUT2D eigenvalue weighted by Gasteiger charge is 2.11. The lowest BCUT2D eigenvalue weighted by atomic mass is 9.98. The van der Waals surface area contributed by atoms with E-state index in [1.165, 1.54) is 5.56 Å². The number of oxazole rings is 1. The third-order valence-corrected chi connectivity index (χ3v) is 4.76. The molecule has 0 aliphatic rings. The van der Waals surface area contributed by atoms with Crippen LogP contribution in [-0.2, 0) is 4.79 Å². The molecule has 0 saturated heterocycles. The molecule has 2 N–H and O–H groups in total. The summed E-state index contributed by atoms with van der Waals surface area (Å²) in [4.78, 5) is 16.0. The first-order valence-electron chi connectivity index (χ1n) is 9.12. The van der Waals surface area contributed by atoms with Gasteiger partial charge in [-0.3, -0.25) is 4.79 Å². The van der Waals surface area contributed by atoms with Crippen LogP contribution in [0.1, 0.15) is 45.1 Å². The van der Waals surface area contributed by atoms with Crippen molar-refractivity contribution in [1.82, 2.24) is 10.3 Å². The van der Waals surface area contributed by atoms with Crippen LogP contribution < -0.4 is 10.6 Å². The summed E-state index contributed by atoms with van der Waals surface area (Å²) >= 11 is 5.12. The highest BCUT2D eigenvalue weighted by Crippen LogP contribution is 2.28. The Labute approximate surface area is 164 Å². The third-order valence-electron chi connectivity index (χ3n) is 4.56. The first-order chi connectivity index (χ1) is 13.0. The Morgan fingerprint density at radius 2 is 1.93 bits per heavy atom. The average Bonchev–Trinajstić information content (AvgIpc) is 3.10. The molecule has 5 nitrogen and oxygen atoms in total. The Kier molecular flexibility index (Phi) is 5.86. The van der Waals surface area contributed by atoms with Crippen LogP contribution in [0, 0.1) is 0 Å². The number of nitrogens with zero attached hydrogens (tertiary/aromatic N) is 1. The Hall–Kier alpha value is -2.73. The predicted octanol–water partition coefficient (Wildman–Crippen LogP) is 5.23. The quantitative estimate of drug-likeness (QED) is 0.592. The van der Waals surface area contributed by atoms with Gasteiger partial charge < -0.3 is 15.1 Å². The number of thiocarbonyl (C=S) groups is 1. The van der Waals surface area contributed by atoms with Gasteiger partial charge in [0.25, 0.3) is 0 Å². The molecule has 0 spiro atoms. The Morgan fingerprint density at radius 1 is 1.19 bits per heavy atom. The minimum atomic E-state index is -0.118. The first-order valence-corrected chi connectivity index (χ1v) is 9.52. The van der Waals surface area contributed by atoms with Gasteiger partial charge in [0.1, 0.15) is 5.52 Å². The molecule has 1 unspecified atom stereocenters. The lowest BCUT2D eigenvalue weighted by Gasteiger charge is -2.08. The summed E-state index contributed by atoms with van der Waals surface area (Å²) in [6, 6.07) is 13.8. The van der Waals surface area contributed by atoms with E-state index in [2.05, 4.69) is 41.6 Å². The van der Waals surface area contributed by atoms with E-state index >= 15 is 0 Å². The fourth-order valence-electron chi connectivity index (χ4n) is 2.68. The van der Waals surface area contributed by atoms with Gasteiger partial charge in [-0.15, -0.1) is 0 Å². The van der Waals surface area contributed by atoms with Crippen molar-refractivity contribution >= 4 is 40.0 Å². The maximum atomic E-state index is 11.4. The molecule has 2 aromatic carbocycles. The summed E-state index contributed by atoms with van der Waals surface area (Å²) in [7, 11) is 0. The van der Waals surface area contributed by atoms with Crippen molar-refractivity contribution in [2.45, 2.75) is 39.5 Å². The zero-order chi connectivity index (χ0) is 19.4. The standard InChI is InChI=1S/C21H23N3O2S/c1-4-13(3)15-8-11-18-17(12-15)23-20(26-18)14-6-9-16(10-7-14)22-21(27)24-19(25)5-2/h6-13H,4-5H2,1-3H3,(H2,22,24,25,27). The number of benzene rings is 2. The molecule has 27 heavy (non-hydrogen) atoms. The zero-order valence-corrected chi connectivity index (χ0v) is 16.5. The van der Waals surface area contributed by atoms with Crippen molar-refractivity contribution in [3.8, 4) is 11.5 Å². The summed E-state index contributed by atoms with van der Waals surface area (Å²) in [5.41, 5.74) is 4.59. The molecular weight excluding hydrogens is 358 g/mol. The van der Waals surface area contributed by atoms with Crippen molar-refractivity contribution in [3.63, 3.8) is 0 Å². The van der Waals surface area contributed by atoms with Crippen LogP contribution >= 0.6 is 12.2 Å². The molecule has 0 saturated carbocycles. The Balaban J connectivity index is 1.76. The van der Waals surface area contributed by atoms with Gasteiger partial charge in [-0.1, -0.05) is 26.8 Å². The average molecular weight is 382 g/mol. The molecule has 0 radical (unpaired) electrons. The molecule has 1 amide bonds. The van der Waals surface area contributed by atoms with Crippen molar-refractivity contribution < 1.29 is 9.21 Å². The second-order valence-corrected chi connectivity index (χ2v) is 6.90. The molecule has 0 aliphatic heterocycles. The molecule has 3 rings (SSSR count). The van der Waals surface area contributed by atoms with E-state index in [1.807, 2.05) is 30.3 Å². The highest BCUT2D eigenvalue weighted by atomic mass is 32.1. The van der Waals surface area contributed by atoms with Crippen molar-refractivity contribution in [2.24, 2.45) is 0 Å². The van der Waals surface area contributed by atoms with Crippen molar-refractivity contribution in [1.29, 1.82) is 0 Å². The predicted molar refractivity (Wildman–Crippen MR) is 113 cm³/mol. The number of aromatic nitrogens is 1. The molecule has 1 atom stereocenters. The summed E-state index contributed by atoms with van der Waals surface area (Å²) in [5.74, 6) is 0.962. The normalized spacial score (nSPS) is 12.0. The van der Waals surface area contributed by atoms with Gasteiger partial charge in [0, 0.05) is 17.7 Å². The minimum Gasteiger partial charge on any atom is -0.436 e. The van der Waals surface area contributed by atoms with E-state index in [4.69, 9.17) is 16.6 Å². The number of anilines is 1. The number of amides is 1. The molecule has 1 aromatic heterocycles. The van der Waals surface area contributed by atoms with E-state index in [0.717, 1.165) is 28.8 Å². The summed E-state index contributed by atoms with van der Waals surface area (Å²) < 4.78 is 5.90. The molecule has 6 heteroatoms. The number of hydrogen-bond donors (Lipinski definition) is 2. The van der Waals surface area contributed by atoms with Gasteiger partial charge in [-0.05, 0) is 66.5 Å². The fraction of sp³-hybridized carbons (Fsp3) is 0.286. The number of nitrogens with one attached hydrogen (secondary N) is 2. The van der Waals surface area contributed by atoms with E-state index in [9.17, 15) is 4.79 Å². The molecule has 0 bridgehead atoms. The summed E-state index contributed by atoms with van der Waals surface area (Å²) in [5, 5.41) is 5.89. The lowest BCUT2D eigenvalue weighted by molar-refractivity contribution is -0.119. The van der Waals surface area contributed by atoms with E-state index in [1.54, 1.807) is 6.92 Å². The number of rotatable bonds is 5. The molecular formula is C21H23N3O2S. The largest absolute Gasteiger partial charge is 0.436 e. The topological polar surface area (TPSA) is 67.2 Å². The number of carbonyl (C=O) groups excluding carboxylic acids is 1. The van der Waals surface area contributed by atoms with Crippen LogP contribution in [0.15, 0.2) is 46.9 Å². The molecule has 0 fully saturated rings. The van der Waals surface area contributed by atoms with Gasteiger partial charge >= 0.3 is 0 Å². The maximum Gasteiger partial charge on any atom is 0.227 e. The highest BCUT2D eigenvalue weighted by molar-refractivity contribution is 7.80. The van der Waals surface area contributed by atoms with Crippen LogP contribution in [0.3, 0.4) is 0 Å². The lowest BCUT2D eigenvalue weighted by Crippen LogP contribution is -2.33.